The molecule has 0 bridgehead atoms. The fraction of sp³-hybridized carbons (Fsp3) is 0.400. The van der Waals surface area contributed by atoms with Crippen LogP contribution in [0.15, 0.2) is 66.7 Å². The van der Waals surface area contributed by atoms with Crippen molar-refractivity contribution in [3.8, 4) is 11.5 Å². The summed E-state index contributed by atoms with van der Waals surface area (Å²) in [5, 5.41) is 13.6. The predicted octanol–water partition coefficient (Wildman–Crippen LogP) is 4.25. The van der Waals surface area contributed by atoms with Gasteiger partial charge in [-0.05, 0) is 43.9 Å². The quantitative estimate of drug-likeness (QED) is 0.277. The molecule has 0 aliphatic heterocycles. The summed E-state index contributed by atoms with van der Waals surface area (Å²) in [6, 6.07) is 22.8. The third-order valence-corrected chi connectivity index (χ3v) is 6.58. The highest BCUT2D eigenvalue weighted by molar-refractivity contribution is 6.07. The van der Waals surface area contributed by atoms with Crippen LogP contribution in [0, 0.1) is 0 Å². The summed E-state index contributed by atoms with van der Waals surface area (Å²) in [5.74, 6) is 1.46. The fourth-order valence-electron chi connectivity index (χ4n) is 4.75. The molecule has 37 heavy (non-hydrogen) atoms. The van der Waals surface area contributed by atoms with Crippen molar-refractivity contribution in [1.29, 1.82) is 0 Å². The van der Waals surface area contributed by atoms with E-state index in [9.17, 15) is 5.11 Å². The molecule has 4 rings (SSSR count). The Morgan fingerprint density at radius 1 is 0.838 bits per heavy atom. The monoisotopic (exact) mass is 505 g/mol. The minimum absolute atomic E-state index is 0.513. The number of hydrogen-bond donors (Lipinski definition) is 1. The lowest BCUT2D eigenvalue weighted by Crippen LogP contribution is -2.36. The summed E-state index contributed by atoms with van der Waals surface area (Å²) < 4.78 is 19.1. The molecule has 1 N–H and O–H groups in total. The maximum absolute atomic E-state index is 11.2. The van der Waals surface area contributed by atoms with E-state index in [1.165, 1.54) is 10.8 Å². The second kappa shape index (κ2) is 12.9. The second-order valence-electron chi connectivity index (χ2n) is 9.66. The SMILES string of the molecule is COCCN(Cc1ccc(OCCN(C)C)c(OC)c1)C[C@@H](O)Cn1c2ccccc2c2ccccc21. The Kier molecular flexibility index (Phi) is 9.41. The van der Waals surface area contributed by atoms with Crippen LogP contribution in [0.4, 0.5) is 0 Å². The standard InChI is InChI=1S/C30H39N3O4/c1-31(2)15-18-37-29-14-13-23(19-30(29)36-4)20-32(16-17-35-3)21-24(34)22-33-27-11-7-5-9-25(27)26-10-6-8-12-28(26)33/h5-14,19,24,34H,15-18,20-22H2,1-4H3/t24-/m1/s1. The number of hydrogen-bond acceptors (Lipinski definition) is 6. The number of fused-ring (bicyclic) bond motifs is 3. The zero-order valence-corrected chi connectivity index (χ0v) is 22.4. The number of nitrogens with zero attached hydrogens (tertiary/aromatic N) is 3. The van der Waals surface area contributed by atoms with Crippen LogP contribution in [0.5, 0.6) is 11.5 Å². The van der Waals surface area contributed by atoms with Gasteiger partial charge in [-0.15, -0.1) is 0 Å². The van der Waals surface area contributed by atoms with Crippen molar-refractivity contribution in [2.45, 2.75) is 19.2 Å². The molecule has 0 amide bonds. The van der Waals surface area contributed by atoms with Gasteiger partial charge in [0, 0.05) is 55.1 Å². The largest absolute Gasteiger partial charge is 0.493 e. The van der Waals surface area contributed by atoms with Crippen LogP contribution >= 0.6 is 0 Å². The Labute approximate surface area is 219 Å². The van der Waals surface area contributed by atoms with Crippen molar-refractivity contribution in [1.82, 2.24) is 14.4 Å². The third-order valence-electron chi connectivity index (χ3n) is 6.58. The zero-order chi connectivity index (χ0) is 26.2. The minimum Gasteiger partial charge on any atom is -0.493 e. The van der Waals surface area contributed by atoms with Crippen molar-refractivity contribution in [3.05, 3.63) is 72.3 Å². The van der Waals surface area contributed by atoms with Crippen molar-refractivity contribution in [2.75, 3.05) is 61.2 Å². The molecule has 3 aromatic carbocycles. The van der Waals surface area contributed by atoms with Gasteiger partial charge in [0.25, 0.3) is 0 Å². The molecule has 0 saturated heterocycles. The highest BCUT2D eigenvalue weighted by Gasteiger charge is 2.17. The van der Waals surface area contributed by atoms with Crippen molar-refractivity contribution in [2.24, 2.45) is 0 Å². The van der Waals surface area contributed by atoms with Gasteiger partial charge in [0.2, 0.25) is 0 Å². The molecule has 4 aromatic rings. The first-order valence-corrected chi connectivity index (χ1v) is 12.8. The van der Waals surface area contributed by atoms with Gasteiger partial charge >= 0.3 is 0 Å². The van der Waals surface area contributed by atoms with E-state index in [1.54, 1.807) is 14.2 Å². The topological polar surface area (TPSA) is 59.3 Å². The van der Waals surface area contributed by atoms with E-state index in [0.29, 0.717) is 45.1 Å². The molecule has 0 spiro atoms. The molecular weight excluding hydrogens is 466 g/mol. The summed E-state index contributed by atoms with van der Waals surface area (Å²) >= 11 is 0. The molecule has 0 radical (unpaired) electrons. The minimum atomic E-state index is -0.549. The van der Waals surface area contributed by atoms with E-state index in [0.717, 1.165) is 28.9 Å². The molecule has 198 valence electrons. The number of para-hydroxylation sites is 2. The molecule has 1 heterocycles. The van der Waals surface area contributed by atoms with Crippen LogP contribution < -0.4 is 9.47 Å². The van der Waals surface area contributed by atoms with E-state index >= 15 is 0 Å². The number of rotatable bonds is 14. The van der Waals surface area contributed by atoms with Crippen LogP contribution in [0.25, 0.3) is 21.8 Å². The van der Waals surface area contributed by atoms with Crippen LogP contribution in [-0.2, 0) is 17.8 Å². The number of benzene rings is 3. The zero-order valence-electron chi connectivity index (χ0n) is 22.4. The number of methoxy groups -OCH3 is 2. The molecular formula is C30H39N3O4. The Bertz CT molecular complexity index is 1230. The van der Waals surface area contributed by atoms with Crippen molar-refractivity contribution in [3.63, 3.8) is 0 Å². The van der Waals surface area contributed by atoms with Gasteiger partial charge in [0.05, 0.1) is 26.4 Å². The molecule has 1 aromatic heterocycles. The summed E-state index contributed by atoms with van der Waals surface area (Å²) in [6.45, 7) is 4.43. The number of likely N-dealkylation sites (N-methyl/N-ethyl adjacent to an activating group) is 1. The number of aliphatic hydroxyl groups excluding tert-OH is 1. The second-order valence-corrected chi connectivity index (χ2v) is 9.66. The Balaban J connectivity index is 1.48. The Hall–Kier alpha value is -3.10. The molecule has 7 heteroatoms. The average Bonchev–Trinajstić information content (AvgIpc) is 3.21. The maximum atomic E-state index is 11.2. The van der Waals surface area contributed by atoms with Gasteiger partial charge in [-0.1, -0.05) is 42.5 Å². The van der Waals surface area contributed by atoms with E-state index in [4.69, 9.17) is 14.2 Å². The Morgan fingerprint density at radius 2 is 1.51 bits per heavy atom. The average molecular weight is 506 g/mol. The highest BCUT2D eigenvalue weighted by atomic mass is 16.5. The molecule has 0 saturated carbocycles. The maximum Gasteiger partial charge on any atom is 0.161 e. The number of ether oxygens (including phenoxy) is 3. The third kappa shape index (κ3) is 6.81. The van der Waals surface area contributed by atoms with Crippen LogP contribution in [0.1, 0.15) is 5.56 Å². The van der Waals surface area contributed by atoms with Gasteiger partial charge in [0.1, 0.15) is 6.61 Å². The molecule has 7 nitrogen and oxygen atoms in total. The van der Waals surface area contributed by atoms with Gasteiger partial charge in [-0.2, -0.15) is 0 Å². The van der Waals surface area contributed by atoms with Gasteiger partial charge in [-0.25, -0.2) is 0 Å². The van der Waals surface area contributed by atoms with Crippen LogP contribution in [0.3, 0.4) is 0 Å². The number of aliphatic hydroxyl groups is 1. The number of aromatic nitrogens is 1. The first-order valence-electron chi connectivity index (χ1n) is 12.8. The Morgan fingerprint density at radius 3 is 2.14 bits per heavy atom. The molecule has 0 aliphatic rings. The first-order chi connectivity index (χ1) is 18.0. The van der Waals surface area contributed by atoms with Gasteiger partial charge in [-0.3, -0.25) is 4.90 Å². The highest BCUT2D eigenvalue weighted by Crippen LogP contribution is 2.30. The van der Waals surface area contributed by atoms with E-state index < -0.39 is 6.10 Å². The van der Waals surface area contributed by atoms with E-state index in [2.05, 4.69) is 69.0 Å². The van der Waals surface area contributed by atoms with E-state index in [-0.39, 0.29) is 0 Å². The lowest BCUT2D eigenvalue weighted by molar-refractivity contribution is 0.0767. The van der Waals surface area contributed by atoms with Gasteiger partial charge in [0.15, 0.2) is 11.5 Å². The normalized spacial score (nSPS) is 12.6. The molecule has 0 unspecified atom stereocenters. The lowest BCUT2D eigenvalue weighted by atomic mass is 10.1. The van der Waals surface area contributed by atoms with Crippen LogP contribution in [0.2, 0.25) is 0 Å². The fourth-order valence-corrected chi connectivity index (χ4v) is 4.75. The van der Waals surface area contributed by atoms with Crippen molar-refractivity contribution >= 4 is 21.8 Å². The van der Waals surface area contributed by atoms with Gasteiger partial charge < -0.3 is 28.8 Å². The van der Waals surface area contributed by atoms with Crippen LogP contribution in [-0.4, -0.2) is 86.7 Å². The summed E-state index contributed by atoms with van der Waals surface area (Å²) in [7, 11) is 7.41. The van der Waals surface area contributed by atoms with Crippen molar-refractivity contribution < 1.29 is 19.3 Å². The molecule has 0 fully saturated rings. The van der Waals surface area contributed by atoms with E-state index in [1.807, 2.05) is 26.2 Å². The smallest absolute Gasteiger partial charge is 0.161 e. The summed E-state index contributed by atoms with van der Waals surface area (Å²) in [5.41, 5.74) is 3.37. The molecule has 1 atom stereocenters. The lowest BCUT2D eigenvalue weighted by Gasteiger charge is -2.26. The first kappa shape index (κ1) is 26.9. The summed E-state index contributed by atoms with van der Waals surface area (Å²) in [6.07, 6.45) is -0.549. The summed E-state index contributed by atoms with van der Waals surface area (Å²) in [4.78, 5) is 4.31. The molecule has 0 aliphatic carbocycles. The predicted molar refractivity (Wildman–Crippen MR) is 150 cm³/mol.